The molecule has 2 amide bonds. The minimum Gasteiger partial charge on any atom is -0.481 e. The second-order valence-electron chi connectivity index (χ2n) is 4.91. The van der Waals surface area contributed by atoms with Crippen LogP contribution in [-0.4, -0.2) is 40.6 Å². The lowest BCUT2D eigenvalue weighted by Crippen LogP contribution is -2.33. The van der Waals surface area contributed by atoms with Crippen molar-refractivity contribution in [2.75, 3.05) is 18.9 Å². The molecule has 6 nitrogen and oxygen atoms in total. The van der Waals surface area contributed by atoms with E-state index in [1.54, 1.807) is 7.05 Å². The molecule has 2 rings (SSSR count). The maximum absolute atomic E-state index is 11.9. The van der Waals surface area contributed by atoms with E-state index in [9.17, 15) is 9.59 Å². The standard InChI is InChI=1S/C15H16BrN3O3S/c1-19(7-6-13(20)21)15(22)18-14-17-11(9-23-14)8-10-4-2-3-5-12(10)16/h2-5,9H,6-8H2,1H3,(H,20,21)(H,17,18,22). The maximum Gasteiger partial charge on any atom is 0.323 e. The van der Waals surface area contributed by atoms with Crippen LogP contribution in [0.4, 0.5) is 9.93 Å². The van der Waals surface area contributed by atoms with Gasteiger partial charge in [0, 0.05) is 29.9 Å². The Kier molecular flexibility index (Phi) is 6.12. The van der Waals surface area contributed by atoms with Crippen LogP contribution >= 0.6 is 27.3 Å². The van der Waals surface area contributed by atoms with E-state index in [-0.39, 0.29) is 19.0 Å². The highest BCUT2D eigenvalue weighted by Crippen LogP contribution is 2.22. The summed E-state index contributed by atoms with van der Waals surface area (Å²) >= 11 is 4.84. The van der Waals surface area contributed by atoms with E-state index in [2.05, 4.69) is 26.2 Å². The molecule has 0 radical (unpaired) electrons. The van der Waals surface area contributed by atoms with Crippen LogP contribution in [0.5, 0.6) is 0 Å². The summed E-state index contributed by atoms with van der Waals surface area (Å²) in [4.78, 5) is 28.2. The Bertz CT molecular complexity index is 705. The SMILES string of the molecule is CN(CCC(=O)O)C(=O)Nc1nc(Cc2ccccc2Br)cs1. The van der Waals surface area contributed by atoms with Crippen LogP contribution in [0.3, 0.4) is 0 Å². The van der Waals surface area contributed by atoms with Crippen LogP contribution in [0.2, 0.25) is 0 Å². The van der Waals surface area contributed by atoms with Crippen molar-refractivity contribution in [1.29, 1.82) is 0 Å². The highest BCUT2D eigenvalue weighted by Gasteiger charge is 2.13. The van der Waals surface area contributed by atoms with Gasteiger partial charge in [0.05, 0.1) is 12.1 Å². The summed E-state index contributed by atoms with van der Waals surface area (Å²) in [6, 6.07) is 7.54. The summed E-state index contributed by atoms with van der Waals surface area (Å²) < 4.78 is 1.02. The van der Waals surface area contributed by atoms with Crippen molar-refractivity contribution >= 4 is 44.4 Å². The molecule has 0 saturated carbocycles. The second-order valence-corrected chi connectivity index (χ2v) is 6.62. The van der Waals surface area contributed by atoms with Crippen molar-refractivity contribution in [3.8, 4) is 0 Å². The van der Waals surface area contributed by atoms with Crippen LogP contribution in [0.25, 0.3) is 0 Å². The molecular weight excluding hydrogens is 382 g/mol. The fraction of sp³-hybridized carbons (Fsp3) is 0.267. The average molecular weight is 398 g/mol. The molecule has 122 valence electrons. The molecule has 0 aliphatic heterocycles. The van der Waals surface area contributed by atoms with Gasteiger partial charge in [0.25, 0.3) is 0 Å². The van der Waals surface area contributed by atoms with Crippen LogP contribution < -0.4 is 5.32 Å². The van der Waals surface area contributed by atoms with Gasteiger partial charge in [0.2, 0.25) is 0 Å². The van der Waals surface area contributed by atoms with Crippen molar-refractivity contribution in [3.05, 3.63) is 45.4 Å². The Labute approximate surface area is 146 Å². The number of rotatable bonds is 6. The third-order valence-corrected chi connectivity index (χ3v) is 4.68. The molecule has 8 heteroatoms. The minimum atomic E-state index is -0.936. The number of carboxylic acid groups (broad SMARTS) is 1. The molecular formula is C15H16BrN3O3S. The maximum atomic E-state index is 11.9. The van der Waals surface area contributed by atoms with Crippen molar-refractivity contribution in [1.82, 2.24) is 9.88 Å². The largest absolute Gasteiger partial charge is 0.481 e. The summed E-state index contributed by atoms with van der Waals surface area (Å²) in [6.07, 6.45) is 0.581. The zero-order valence-corrected chi connectivity index (χ0v) is 14.9. The molecule has 0 aliphatic rings. The first-order valence-electron chi connectivity index (χ1n) is 6.87. The number of aliphatic carboxylic acids is 1. The lowest BCUT2D eigenvalue weighted by molar-refractivity contribution is -0.137. The van der Waals surface area contributed by atoms with Crippen molar-refractivity contribution in [3.63, 3.8) is 0 Å². The van der Waals surface area contributed by atoms with Gasteiger partial charge in [0.1, 0.15) is 0 Å². The first kappa shape index (κ1) is 17.4. The predicted molar refractivity (Wildman–Crippen MR) is 93.0 cm³/mol. The van der Waals surface area contributed by atoms with Gasteiger partial charge in [0.15, 0.2) is 5.13 Å². The number of benzene rings is 1. The van der Waals surface area contributed by atoms with E-state index in [0.717, 1.165) is 15.7 Å². The first-order valence-corrected chi connectivity index (χ1v) is 8.54. The van der Waals surface area contributed by atoms with E-state index in [0.29, 0.717) is 11.6 Å². The topological polar surface area (TPSA) is 82.5 Å². The van der Waals surface area contributed by atoms with Crippen molar-refractivity contribution in [2.45, 2.75) is 12.8 Å². The molecule has 0 saturated heterocycles. The molecule has 1 aromatic heterocycles. The Balaban J connectivity index is 1.93. The molecule has 0 aliphatic carbocycles. The summed E-state index contributed by atoms with van der Waals surface area (Å²) in [5.74, 6) is -0.936. The number of carbonyl (C=O) groups excluding carboxylic acids is 1. The summed E-state index contributed by atoms with van der Waals surface area (Å²) in [7, 11) is 1.55. The molecule has 2 N–H and O–H groups in total. The van der Waals surface area contributed by atoms with E-state index in [1.807, 2.05) is 29.6 Å². The number of amides is 2. The van der Waals surface area contributed by atoms with Gasteiger partial charge in [-0.1, -0.05) is 34.1 Å². The van der Waals surface area contributed by atoms with Crippen LogP contribution in [0, 0.1) is 0 Å². The van der Waals surface area contributed by atoms with Gasteiger partial charge in [-0.05, 0) is 11.6 Å². The van der Waals surface area contributed by atoms with Gasteiger partial charge in [-0.3, -0.25) is 10.1 Å². The molecule has 2 aromatic rings. The fourth-order valence-electron chi connectivity index (χ4n) is 1.83. The van der Waals surface area contributed by atoms with Gasteiger partial charge in [-0.15, -0.1) is 11.3 Å². The number of nitrogens with zero attached hydrogens (tertiary/aromatic N) is 2. The first-order chi connectivity index (χ1) is 11.0. The molecule has 0 spiro atoms. The van der Waals surface area contributed by atoms with Gasteiger partial charge in [-0.2, -0.15) is 0 Å². The number of halogens is 1. The Hall–Kier alpha value is -1.93. The highest BCUT2D eigenvalue weighted by atomic mass is 79.9. The molecule has 0 fully saturated rings. The number of urea groups is 1. The summed E-state index contributed by atoms with van der Waals surface area (Å²) in [5, 5.41) is 13.7. The number of nitrogens with one attached hydrogen (secondary N) is 1. The normalized spacial score (nSPS) is 10.3. The van der Waals surface area contributed by atoms with Gasteiger partial charge < -0.3 is 10.0 Å². The zero-order valence-electron chi connectivity index (χ0n) is 12.5. The van der Waals surface area contributed by atoms with Crippen molar-refractivity contribution < 1.29 is 14.7 Å². The Morgan fingerprint density at radius 1 is 1.39 bits per heavy atom. The van der Waals surface area contributed by atoms with Gasteiger partial charge >= 0.3 is 12.0 Å². The predicted octanol–water partition coefficient (Wildman–Crippen LogP) is 3.43. The number of hydrogen-bond acceptors (Lipinski definition) is 4. The Morgan fingerprint density at radius 2 is 2.13 bits per heavy atom. The van der Waals surface area contributed by atoms with E-state index >= 15 is 0 Å². The molecule has 1 aromatic carbocycles. The minimum absolute atomic E-state index is 0.0882. The number of aromatic nitrogens is 1. The Morgan fingerprint density at radius 3 is 2.83 bits per heavy atom. The summed E-state index contributed by atoms with van der Waals surface area (Å²) in [6.45, 7) is 0.149. The number of hydrogen-bond donors (Lipinski definition) is 2. The fourth-order valence-corrected chi connectivity index (χ4v) is 2.96. The average Bonchev–Trinajstić information content (AvgIpc) is 2.94. The zero-order chi connectivity index (χ0) is 16.8. The molecule has 0 atom stereocenters. The van der Waals surface area contributed by atoms with Crippen molar-refractivity contribution in [2.24, 2.45) is 0 Å². The number of anilines is 1. The number of carboxylic acids is 1. The van der Waals surface area contributed by atoms with Crippen LogP contribution in [-0.2, 0) is 11.2 Å². The number of carbonyl (C=O) groups is 2. The van der Waals surface area contributed by atoms with E-state index < -0.39 is 5.97 Å². The quantitative estimate of drug-likeness (QED) is 0.781. The third-order valence-electron chi connectivity index (χ3n) is 3.10. The molecule has 1 heterocycles. The van der Waals surface area contributed by atoms with Crippen LogP contribution in [0.1, 0.15) is 17.7 Å². The third kappa shape index (κ3) is 5.33. The molecule has 0 unspecified atom stereocenters. The summed E-state index contributed by atoms with van der Waals surface area (Å²) in [5.41, 5.74) is 1.99. The lowest BCUT2D eigenvalue weighted by atomic mass is 10.1. The molecule has 0 bridgehead atoms. The second kappa shape index (κ2) is 8.07. The van der Waals surface area contributed by atoms with E-state index in [1.165, 1.54) is 16.2 Å². The van der Waals surface area contributed by atoms with E-state index in [4.69, 9.17) is 5.11 Å². The highest BCUT2D eigenvalue weighted by molar-refractivity contribution is 9.10. The van der Waals surface area contributed by atoms with Crippen LogP contribution in [0.15, 0.2) is 34.1 Å². The smallest absolute Gasteiger partial charge is 0.323 e. The number of thiazole rings is 1. The lowest BCUT2D eigenvalue weighted by Gasteiger charge is -2.15. The molecule has 23 heavy (non-hydrogen) atoms. The monoisotopic (exact) mass is 397 g/mol. The van der Waals surface area contributed by atoms with Gasteiger partial charge in [-0.25, -0.2) is 9.78 Å².